The van der Waals surface area contributed by atoms with Crippen LogP contribution in [-0.4, -0.2) is 23.1 Å². The highest BCUT2D eigenvalue weighted by atomic mass is 32.2. The van der Waals surface area contributed by atoms with Crippen molar-refractivity contribution in [1.82, 2.24) is 0 Å². The van der Waals surface area contributed by atoms with E-state index in [0.29, 0.717) is 10.6 Å². The second-order valence-corrected chi connectivity index (χ2v) is 4.47. The molecule has 16 heavy (non-hydrogen) atoms. The fourth-order valence-corrected chi connectivity index (χ4v) is 2.06. The standard InChI is InChI=1S/C10H12F3NOS/c1-6-2-3-7(14)8(4-6)16-5-9(15)10(11,12)13/h2-4,9,15H,5,14H2,1H3. The van der Waals surface area contributed by atoms with E-state index in [-0.39, 0.29) is 0 Å². The molecule has 0 aromatic heterocycles. The Morgan fingerprint density at radius 3 is 2.62 bits per heavy atom. The number of hydrogen-bond acceptors (Lipinski definition) is 3. The maximum Gasteiger partial charge on any atom is 0.415 e. The van der Waals surface area contributed by atoms with Crippen molar-refractivity contribution in [2.24, 2.45) is 0 Å². The van der Waals surface area contributed by atoms with Gasteiger partial charge in [0.2, 0.25) is 0 Å². The molecule has 0 spiro atoms. The van der Waals surface area contributed by atoms with E-state index in [1.807, 2.05) is 6.92 Å². The Kier molecular flexibility index (Phi) is 4.09. The number of alkyl halides is 3. The first kappa shape index (κ1) is 13.2. The third kappa shape index (κ3) is 3.61. The van der Waals surface area contributed by atoms with Crippen LogP contribution in [0.4, 0.5) is 18.9 Å². The highest BCUT2D eigenvalue weighted by molar-refractivity contribution is 7.99. The number of rotatable bonds is 3. The van der Waals surface area contributed by atoms with Gasteiger partial charge in [-0.05, 0) is 24.6 Å². The van der Waals surface area contributed by atoms with Gasteiger partial charge in [0.15, 0.2) is 6.10 Å². The molecule has 0 radical (unpaired) electrons. The van der Waals surface area contributed by atoms with Gasteiger partial charge >= 0.3 is 6.18 Å². The SMILES string of the molecule is Cc1ccc(N)c(SCC(O)C(F)(F)F)c1. The van der Waals surface area contributed by atoms with Crippen LogP contribution in [-0.2, 0) is 0 Å². The summed E-state index contributed by atoms with van der Waals surface area (Å²) in [5, 5.41) is 8.82. The van der Waals surface area contributed by atoms with Gasteiger partial charge in [-0.1, -0.05) is 6.07 Å². The summed E-state index contributed by atoms with van der Waals surface area (Å²) in [6, 6.07) is 5.11. The Hall–Kier alpha value is -0.880. The molecule has 0 saturated carbocycles. The molecule has 0 saturated heterocycles. The van der Waals surface area contributed by atoms with E-state index in [1.165, 1.54) is 0 Å². The number of thioether (sulfide) groups is 1. The van der Waals surface area contributed by atoms with Gasteiger partial charge in [-0.2, -0.15) is 13.2 Å². The molecule has 1 aromatic rings. The van der Waals surface area contributed by atoms with Crippen molar-refractivity contribution < 1.29 is 18.3 Å². The van der Waals surface area contributed by atoms with Crippen molar-refractivity contribution in [2.45, 2.75) is 24.1 Å². The Balaban J connectivity index is 2.64. The molecule has 0 aliphatic rings. The van der Waals surface area contributed by atoms with Crippen LogP contribution in [0.3, 0.4) is 0 Å². The Labute approximate surface area is 95.6 Å². The largest absolute Gasteiger partial charge is 0.415 e. The lowest BCUT2D eigenvalue weighted by atomic mass is 10.2. The number of nitrogen functional groups attached to an aromatic ring is 1. The van der Waals surface area contributed by atoms with Gasteiger partial charge in [0.25, 0.3) is 0 Å². The van der Waals surface area contributed by atoms with E-state index in [1.54, 1.807) is 18.2 Å². The summed E-state index contributed by atoms with van der Waals surface area (Å²) in [7, 11) is 0. The number of halogens is 3. The molecule has 1 rings (SSSR count). The normalized spacial score (nSPS) is 13.8. The minimum atomic E-state index is -4.58. The Bertz CT molecular complexity index is 368. The fourth-order valence-electron chi connectivity index (χ4n) is 1.03. The number of anilines is 1. The monoisotopic (exact) mass is 251 g/mol. The number of aryl methyl sites for hydroxylation is 1. The number of benzene rings is 1. The smallest absolute Gasteiger partial charge is 0.398 e. The quantitative estimate of drug-likeness (QED) is 0.641. The van der Waals surface area contributed by atoms with Crippen LogP contribution < -0.4 is 5.73 Å². The first-order chi connectivity index (χ1) is 7.30. The summed E-state index contributed by atoms with van der Waals surface area (Å²) in [6.07, 6.45) is -6.90. The topological polar surface area (TPSA) is 46.2 Å². The number of nitrogens with two attached hydrogens (primary N) is 1. The predicted molar refractivity (Wildman–Crippen MR) is 58.4 cm³/mol. The summed E-state index contributed by atoms with van der Waals surface area (Å²) in [5.74, 6) is -0.447. The maximum absolute atomic E-state index is 12.0. The molecule has 1 atom stereocenters. The van der Waals surface area contributed by atoms with Crippen molar-refractivity contribution in [2.75, 3.05) is 11.5 Å². The third-order valence-electron chi connectivity index (χ3n) is 1.94. The van der Waals surface area contributed by atoms with Gasteiger partial charge in [-0.25, -0.2) is 0 Å². The minimum Gasteiger partial charge on any atom is -0.398 e. The van der Waals surface area contributed by atoms with E-state index >= 15 is 0 Å². The van der Waals surface area contributed by atoms with Crippen molar-refractivity contribution >= 4 is 17.4 Å². The number of aliphatic hydroxyl groups excluding tert-OH is 1. The van der Waals surface area contributed by atoms with Crippen LogP contribution in [0.2, 0.25) is 0 Å². The van der Waals surface area contributed by atoms with Crippen LogP contribution in [0, 0.1) is 6.92 Å². The summed E-state index contributed by atoms with van der Waals surface area (Å²) in [5.41, 5.74) is 6.94. The summed E-state index contributed by atoms with van der Waals surface area (Å²) in [4.78, 5) is 0.559. The number of hydrogen-bond donors (Lipinski definition) is 2. The maximum atomic E-state index is 12.0. The first-order valence-electron chi connectivity index (χ1n) is 4.54. The first-order valence-corrected chi connectivity index (χ1v) is 5.53. The van der Waals surface area contributed by atoms with Gasteiger partial charge in [-0.15, -0.1) is 11.8 Å². The second-order valence-electron chi connectivity index (χ2n) is 3.41. The number of aliphatic hydroxyl groups is 1. The zero-order valence-electron chi connectivity index (χ0n) is 8.58. The van der Waals surface area contributed by atoms with Crippen molar-refractivity contribution in [1.29, 1.82) is 0 Å². The molecule has 3 N–H and O–H groups in total. The van der Waals surface area contributed by atoms with Gasteiger partial charge in [-0.3, -0.25) is 0 Å². The molecule has 90 valence electrons. The Morgan fingerprint density at radius 2 is 2.06 bits per heavy atom. The molecule has 0 fully saturated rings. The molecule has 0 aliphatic carbocycles. The summed E-state index contributed by atoms with van der Waals surface area (Å²) < 4.78 is 36.1. The molecular weight excluding hydrogens is 239 g/mol. The molecule has 0 bridgehead atoms. The molecule has 1 aromatic carbocycles. The summed E-state index contributed by atoms with van der Waals surface area (Å²) >= 11 is 0.901. The molecule has 1 unspecified atom stereocenters. The van der Waals surface area contributed by atoms with E-state index in [9.17, 15) is 13.2 Å². The van der Waals surface area contributed by atoms with Gasteiger partial charge in [0.05, 0.1) is 0 Å². The fraction of sp³-hybridized carbons (Fsp3) is 0.400. The molecule has 0 heterocycles. The average molecular weight is 251 g/mol. The van der Waals surface area contributed by atoms with E-state index < -0.39 is 18.0 Å². The molecule has 0 aliphatic heterocycles. The van der Waals surface area contributed by atoms with Crippen LogP contribution in [0.15, 0.2) is 23.1 Å². The van der Waals surface area contributed by atoms with Crippen molar-refractivity contribution in [3.05, 3.63) is 23.8 Å². The second kappa shape index (κ2) is 4.97. The van der Waals surface area contributed by atoms with Gasteiger partial charge in [0, 0.05) is 16.3 Å². The zero-order chi connectivity index (χ0) is 12.3. The third-order valence-corrected chi connectivity index (χ3v) is 3.09. The van der Waals surface area contributed by atoms with Crippen LogP contribution in [0.5, 0.6) is 0 Å². The summed E-state index contributed by atoms with van der Waals surface area (Å²) in [6.45, 7) is 1.82. The lowest BCUT2D eigenvalue weighted by Crippen LogP contribution is -2.30. The van der Waals surface area contributed by atoms with Crippen LogP contribution in [0.25, 0.3) is 0 Å². The molecule has 0 amide bonds. The highest BCUT2D eigenvalue weighted by Crippen LogP contribution is 2.30. The van der Waals surface area contributed by atoms with E-state index in [2.05, 4.69) is 0 Å². The molecule has 2 nitrogen and oxygen atoms in total. The van der Waals surface area contributed by atoms with Crippen molar-refractivity contribution in [3.63, 3.8) is 0 Å². The van der Waals surface area contributed by atoms with Gasteiger partial charge in [0.1, 0.15) is 0 Å². The predicted octanol–water partition coefficient (Wildman–Crippen LogP) is 2.59. The van der Waals surface area contributed by atoms with Crippen LogP contribution in [0.1, 0.15) is 5.56 Å². The highest BCUT2D eigenvalue weighted by Gasteiger charge is 2.37. The average Bonchev–Trinajstić information content (AvgIpc) is 2.17. The minimum absolute atomic E-state index is 0.421. The lowest BCUT2D eigenvalue weighted by molar-refractivity contribution is -0.195. The lowest BCUT2D eigenvalue weighted by Gasteiger charge is -2.14. The Morgan fingerprint density at radius 1 is 1.44 bits per heavy atom. The zero-order valence-corrected chi connectivity index (χ0v) is 9.40. The van der Waals surface area contributed by atoms with Crippen LogP contribution >= 0.6 is 11.8 Å². The molecular formula is C10H12F3NOS. The van der Waals surface area contributed by atoms with E-state index in [4.69, 9.17) is 10.8 Å². The van der Waals surface area contributed by atoms with Gasteiger partial charge < -0.3 is 10.8 Å². The van der Waals surface area contributed by atoms with E-state index in [0.717, 1.165) is 17.3 Å². The van der Waals surface area contributed by atoms with Crippen molar-refractivity contribution in [3.8, 4) is 0 Å². The molecule has 6 heteroatoms.